The summed E-state index contributed by atoms with van der Waals surface area (Å²) in [6, 6.07) is 7.93. The van der Waals surface area contributed by atoms with Crippen LogP contribution in [0.5, 0.6) is 0 Å². The fraction of sp³-hybridized carbons (Fsp3) is 0.143. The highest BCUT2D eigenvalue weighted by atomic mass is 16.1. The molecule has 0 aliphatic carbocycles. The highest BCUT2D eigenvalue weighted by Crippen LogP contribution is 2.21. The van der Waals surface area contributed by atoms with Gasteiger partial charge in [0.25, 0.3) is 0 Å². The van der Waals surface area contributed by atoms with Crippen molar-refractivity contribution in [2.45, 2.75) is 13.1 Å². The summed E-state index contributed by atoms with van der Waals surface area (Å²) >= 11 is 0. The molecule has 94 valence electrons. The van der Waals surface area contributed by atoms with Crippen LogP contribution in [0, 0.1) is 0 Å². The Morgan fingerprint density at radius 3 is 3.00 bits per heavy atom. The number of nitrogens with one attached hydrogen (secondary N) is 2. The normalized spacial score (nSPS) is 13.9. The number of nitrogens with zero attached hydrogens (tertiary/aromatic N) is 2. The molecule has 0 radical (unpaired) electrons. The number of pyridine rings is 1. The summed E-state index contributed by atoms with van der Waals surface area (Å²) in [5.74, 6) is 0. The molecule has 1 aliphatic rings. The second kappa shape index (κ2) is 3.80. The van der Waals surface area contributed by atoms with E-state index in [1.807, 2.05) is 12.1 Å². The summed E-state index contributed by atoms with van der Waals surface area (Å²) in [4.78, 5) is 19.0. The Balaban J connectivity index is 2.00. The second-order valence-electron chi connectivity index (χ2n) is 4.71. The zero-order valence-electron chi connectivity index (χ0n) is 10.2. The van der Waals surface area contributed by atoms with Crippen molar-refractivity contribution in [2.24, 2.45) is 0 Å². The lowest BCUT2D eigenvalue weighted by Crippen LogP contribution is -2.14. The van der Waals surface area contributed by atoms with Gasteiger partial charge in [0, 0.05) is 19.3 Å². The number of hydrogen-bond donors (Lipinski definition) is 2. The maximum atomic E-state index is 12.1. The maximum Gasteiger partial charge on any atom is 0.331 e. The first-order valence-electron chi connectivity index (χ1n) is 6.20. The summed E-state index contributed by atoms with van der Waals surface area (Å²) in [7, 11) is 0. The first-order chi connectivity index (χ1) is 9.33. The molecule has 4 rings (SSSR count). The predicted octanol–water partition coefficient (Wildman–Crippen LogP) is 1.32. The molecule has 0 bridgehead atoms. The molecule has 1 aliphatic heterocycles. The fourth-order valence-electron chi connectivity index (χ4n) is 2.63. The maximum absolute atomic E-state index is 12.1. The highest BCUT2D eigenvalue weighted by Gasteiger charge is 2.13. The summed E-state index contributed by atoms with van der Waals surface area (Å²) < 4.78 is 1.67. The molecule has 0 fully saturated rings. The van der Waals surface area contributed by atoms with Crippen LogP contribution in [0.25, 0.3) is 16.7 Å². The number of rotatable bonds is 1. The van der Waals surface area contributed by atoms with Crippen LogP contribution in [-0.4, -0.2) is 14.5 Å². The number of H-pyrrole nitrogens is 1. The van der Waals surface area contributed by atoms with Gasteiger partial charge in [-0.15, -0.1) is 0 Å². The van der Waals surface area contributed by atoms with Gasteiger partial charge in [-0.3, -0.25) is 9.55 Å². The molecule has 3 aromatic rings. The lowest BCUT2D eigenvalue weighted by Gasteiger charge is -2.05. The van der Waals surface area contributed by atoms with Gasteiger partial charge in [0.2, 0.25) is 0 Å². The Bertz CT molecular complexity index is 831. The summed E-state index contributed by atoms with van der Waals surface area (Å²) in [5.41, 5.74) is 4.91. The monoisotopic (exact) mass is 252 g/mol. The molecule has 1 aromatic carbocycles. The van der Waals surface area contributed by atoms with Gasteiger partial charge in [0.05, 0.1) is 22.9 Å². The first-order valence-corrected chi connectivity index (χ1v) is 6.20. The minimum absolute atomic E-state index is 0.131. The van der Waals surface area contributed by atoms with Crippen LogP contribution in [0.2, 0.25) is 0 Å². The molecule has 2 aromatic heterocycles. The molecule has 0 saturated carbocycles. The minimum atomic E-state index is -0.131. The second-order valence-corrected chi connectivity index (χ2v) is 4.71. The Hall–Kier alpha value is -2.40. The van der Waals surface area contributed by atoms with Crippen molar-refractivity contribution < 1.29 is 0 Å². The largest absolute Gasteiger partial charge is 0.331 e. The van der Waals surface area contributed by atoms with Crippen LogP contribution in [0.4, 0.5) is 0 Å². The van der Waals surface area contributed by atoms with E-state index in [1.165, 1.54) is 11.1 Å². The van der Waals surface area contributed by atoms with E-state index in [-0.39, 0.29) is 5.69 Å². The van der Waals surface area contributed by atoms with E-state index in [0.717, 1.165) is 29.8 Å². The number of imidazole rings is 1. The van der Waals surface area contributed by atoms with Crippen molar-refractivity contribution in [3.05, 3.63) is 58.3 Å². The summed E-state index contributed by atoms with van der Waals surface area (Å²) in [5, 5.41) is 3.30. The minimum Gasteiger partial charge on any atom is -0.309 e. The Morgan fingerprint density at radius 2 is 2.05 bits per heavy atom. The van der Waals surface area contributed by atoms with Crippen LogP contribution in [0.15, 0.2) is 41.5 Å². The number of fused-ring (bicyclic) bond motifs is 2. The van der Waals surface area contributed by atoms with Crippen molar-refractivity contribution in [2.75, 3.05) is 0 Å². The van der Waals surface area contributed by atoms with Crippen molar-refractivity contribution in [3.63, 3.8) is 0 Å². The van der Waals surface area contributed by atoms with Gasteiger partial charge in [-0.2, -0.15) is 0 Å². The average Bonchev–Trinajstić information content (AvgIpc) is 3.00. The van der Waals surface area contributed by atoms with Crippen molar-refractivity contribution in [1.82, 2.24) is 19.9 Å². The topological polar surface area (TPSA) is 62.7 Å². The zero-order chi connectivity index (χ0) is 12.8. The molecule has 0 unspecified atom stereocenters. The van der Waals surface area contributed by atoms with Crippen LogP contribution in [0.3, 0.4) is 0 Å². The third-order valence-corrected chi connectivity index (χ3v) is 3.56. The highest BCUT2D eigenvalue weighted by molar-refractivity contribution is 5.76. The van der Waals surface area contributed by atoms with Crippen molar-refractivity contribution in [1.29, 1.82) is 0 Å². The molecule has 0 atom stereocenters. The molecule has 5 heteroatoms. The third kappa shape index (κ3) is 1.52. The Morgan fingerprint density at radius 1 is 1.16 bits per heavy atom. The van der Waals surface area contributed by atoms with Gasteiger partial charge < -0.3 is 10.3 Å². The molecule has 5 nitrogen and oxygen atoms in total. The number of aromatic nitrogens is 3. The average molecular weight is 252 g/mol. The van der Waals surface area contributed by atoms with Crippen molar-refractivity contribution in [3.8, 4) is 5.69 Å². The summed E-state index contributed by atoms with van der Waals surface area (Å²) in [6.07, 6.45) is 3.38. The number of benzene rings is 1. The Labute approximate surface area is 108 Å². The van der Waals surface area contributed by atoms with Crippen LogP contribution in [0.1, 0.15) is 11.1 Å². The van der Waals surface area contributed by atoms with E-state index >= 15 is 0 Å². The number of hydrogen-bond acceptors (Lipinski definition) is 3. The fourth-order valence-corrected chi connectivity index (χ4v) is 2.63. The van der Waals surface area contributed by atoms with E-state index in [1.54, 1.807) is 17.0 Å². The van der Waals surface area contributed by atoms with Crippen LogP contribution < -0.4 is 11.0 Å². The van der Waals surface area contributed by atoms with E-state index < -0.39 is 0 Å². The lowest BCUT2D eigenvalue weighted by molar-refractivity contribution is 0.764. The van der Waals surface area contributed by atoms with Gasteiger partial charge in [-0.05, 0) is 29.3 Å². The zero-order valence-corrected chi connectivity index (χ0v) is 10.2. The van der Waals surface area contributed by atoms with Gasteiger partial charge in [0.15, 0.2) is 0 Å². The molecule has 3 heterocycles. The van der Waals surface area contributed by atoms with E-state index in [9.17, 15) is 4.79 Å². The molecular formula is C14H12N4O. The number of aromatic amines is 1. The quantitative estimate of drug-likeness (QED) is 0.686. The van der Waals surface area contributed by atoms with Gasteiger partial charge in [0.1, 0.15) is 0 Å². The first kappa shape index (κ1) is 10.5. The van der Waals surface area contributed by atoms with Gasteiger partial charge in [-0.1, -0.05) is 6.07 Å². The molecule has 0 amide bonds. The van der Waals surface area contributed by atoms with Crippen molar-refractivity contribution >= 4 is 11.0 Å². The van der Waals surface area contributed by atoms with E-state index in [2.05, 4.69) is 27.4 Å². The van der Waals surface area contributed by atoms with Crippen LogP contribution in [-0.2, 0) is 13.1 Å². The molecule has 19 heavy (non-hydrogen) atoms. The standard InChI is InChI=1S/C14H12N4O/c19-14-17-12-3-4-15-8-13(12)18(14)11-2-1-9-6-16-7-10(9)5-11/h1-5,8,16H,6-7H2,(H,17,19). The van der Waals surface area contributed by atoms with Crippen LogP contribution >= 0.6 is 0 Å². The molecule has 0 saturated heterocycles. The Kier molecular flexibility index (Phi) is 2.10. The summed E-state index contributed by atoms with van der Waals surface area (Å²) in [6.45, 7) is 1.76. The smallest absolute Gasteiger partial charge is 0.309 e. The van der Waals surface area contributed by atoms with E-state index in [0.29, 0.717) is 0 Å². The molecule has 2 N–H and O–H groups in total. The lowest BCUT2D eigenvalue weighted by atomic mass is 10.1. The SMILES string of the molecule is O=c1[nH]c2ccncc2n1-c1ccc2c(c1)CNC2. The van der Waals surface area contributed by atoms with E-state index in [4.69, 9.17) is 0 Å². The van der Waals surface area contributed by atoms with Gasteiger partial charge >= 0.3 is 5.69 Å². The van der Waals surface area contributed by atoms with Gasteiger partial charge in [-0.25, -0.2) is 4.79 Å². The molecular weight excluding hydrogens is 240 g/mol. The predicted molar refractivity (Wildman–Crippen MR) is 72.2 cm³/mol. The molecule has 0 spiro atoms. The third-order valence-electron chi connectivity index (χ3n) is 3.56.